The van der Waals surface area contributed by atoms with E-state index < -0.39 is 0 Å². The highest BCUT2D eigenvalue weighted by molar-refractivity contribution is 5.85. The summed E-state index contributed by atoms with van der Waals surface area (Å²) in [4.78, 5) is 14.0. The van der Waals surface area contributed by atoms with Gasteiger partial charge in [-0.3, -0.25) is 4.79 Å². The molecule has 0 saturated heterocycles. The summed E-state index contributed by atoms with van der Waals surface area (Å²) in [6, 6.07) is 0. The summed E-state index contributed by atoms with van der Waals surface area (Å²) < 4.78 is 0. The van der Waals surface area contributed by atoms with Crippen molar-refractivity contribution in [3.8, 4) is 0 Å². The van der Waals surface area contributed by atoms with E-state index in [0.717, 1.165) is 19.4 Å². The maximum Gasteiger partial charge on any atom is 0.228 e. The molecule has 2 N–H and O–H groups in total. The molecule has 1 aliphatic rings. The minimum absolute atomic E-state index is 0. The first kappa shape index (κ1) is 15.7. The highest BCUT2D eigenvalue weighted by Gasteiger charge is 2.41. The normalized spacial score (nSPS) is 18.3. The lowest BCUT2D eigenvalue weighted by atomic mass is 9.69. The molecule has 0 radical (unpaired) electrons. The molecule has 0 heterocycles. The molecule has 0 spiro atoms. The van der Waals surface area contributed by atoms with Crippen molar-refractivity contribution in [1.82, 2.24) is 4.90 Å². The molecule has 0 aromatic rings. The van der Waals surface area contributed by atoms with E-state index in [1.807, 2.05) is 11.9 Å². The van der Waals surface area contributed by atoms with Crippen molar-refractivity contribution in [3.05, 3.63) is 0 Å². The van der Waals surface area contributed by atoms with Crippen LogP contribution in [0.5, 0.6) is 0 Å². The van der Waals surface area contributed by atoms with Crippen LogP contribution in [-0.4, -0.2) is 30.9 Å². The summed E-state index contributed by atoms with van der Waals surface area (Å²) in [6.45, 7) is 7.63. The summed E-state index contributed by atoms with van der Waals surface area (Å²) in [7, 11) is 1.89. The summed E-state index contributed by atoms with van der Waals surface area (Å²) in [5.74, 6) is 0.287. The molecular formula is C12H25ClN2O. The molecule has 0 aliphatic heterocycles. The van der Waals surface area contributed by atoms with Gasteiger partial charge < -0.3 is 10.6 Å². The second-order valence-electron chi connectivity index (χ2n) is 5.94. The van der Waals surface area contributed by atoms with Crippen LogP contribution in [0.4, 0.5) is 0 Å². The van der Waals surface area contributed by atoms with Gasteiger partial charge in [0.2, 0.25) is 5.91 Å². The van der Waals surface area contributed by atoms with E-state index in [-0.39, 0.29) is 29.1 Å². The standard InChI is InChI=1S/C12H24N2O.ClH/c1-11(2,8-13)9-14(4)10(15)12(3)6-5-7-12;/h5-9,13H2,1-4H3;1H. The molecule has 1 rings (SSSR count). The van der Waals surface area contributed by atoms with Gasteiger partial charge in [0.25, 0.3) is 0 Å². The van der Waals surface area contributed by atoms with Crippen molar-refractivity contribution in [3.63, 3.8) is 0 Å². The molecule has 4 heteroatoms. The number of rotatable bonds is 4. The van der Waals surface area contributed by atoms with Gasteiger partial charge in [0.1, 0.15) is 0 Å². The lowest BCUT2D eigenvalue weighted by Gasteiger charge is -2.41. The van der Waals surface area contributed by atoms with Crippen LogP contribution in [0, 0.1) is 10.8 Å². The monoisotopic (exact) mass is 248 g/mol. The zero-order valence-electron chi connectivity index (χ0n) is 10.9. The molecule has 1 fully saturated rings. The van der Waals surface area contributed by atoms with Crippen molar-refractivity contribution in [2.45, 2.75) is 40.0 Å². The number of hydrogen-bond acceptors (Lipinski definition) is 2. The Morgan fingerprint density at radius 3 is 2.25 bits per heavy atom. The third-order valence-corrected chi connectivity index (χ3v) is 3.54. The summed E-state index contributed by atoms with van der Waals surface area (Å²) in [6.07, 6.45) is 3.27. The molecule has 0 unspecified atom stereocenters. The first-order valence-corrected chi connectivity index (χ1v) is 5.76. The number of carbonyl (C=O) groups excluding carboxylic acids is 1. The SMILES string of the molecule is CN(CC(C)(C)CN)C(=O)C1(C)CCC1.Cl. The maximum absolute atomic E-state index is 12.1. The Hall–Kier alpha value is -0.280. The molecular weight excluding hydrogens is 224 g/mol. The van der Waals surface area contributed by atoms with Crippen molar-refractivity contribution in [1.29, 1.82) is 0 Å². The summed E-state index contributed by atoms with van der Waals surface area (Å²) in [5.41, 5.74) is 5.61. The number of carbonyl (C=O) groups is 1. The minimum atomic E-state index is -0.0839. The second-order valence-corrected chi connectivity index (χ2v) is 5.94. The smallest absolute Gasteiger partial charge is 0.228 e. The van der Waals surface area contributed by atoms with E-state index in [0.29, 0.717) is 6.54 Å². The molecule has 96 valence electrons. The number of nitrogens with zero attached hydrogens (tertiary/aromatic N) is 1. The van der Waals surface area contributed by atoms with Gasteiger partial charge in [-0.25, -0.2) is 0 Å². The first-order valence-electron chi connectivity index (χ1n) is 5.76. The van der Waals surface area contributed by atoms with E-state index in [1.54, 1.807) is 0 Å². The predicted octanol–water partition coefficient (Wildman–Crippen LogP) is 2.04. The topological polar surface area (TPSA) is 46.3 Å². The highest BCUT2D eigenvalue weighted by atomic mass is 35.5. The van der Waals surface area contributed by atoms with Crippen LogP contribution in [0.1, 0.15) is 40.0 Å². The predicted molar refractivity (Wildman–Crippen MR) is 69.7 cm³/mol. The third kappa shape index (κ3) is 3.36. The van der Waals surface area contributed by atoms with Crippen LogP contribution >= 0.6 is 12.4 Å². The summed E-state index contributed by atoms with van der Waals surface area (Å²) >= 11 is 0. The molecule has 16 heavy (non-hydrogen) atoms. The Balaban J connectivity index is 0.00000225. The molecule has 3 nitrogen and oxygen atoms in total. The van der Waals surface area contributed by atoms with Crippen LogP contribution in [0.25, 0.3) is 0 Å². The minimum Gasteiger partial charge on any atom is -0.345 e. The number of nitrogens with two attached hydrogens (primary N) is 1. The number of halogens is 1. The zero-order chi connectivity index (χ0) is 11.7. The number of hydrogen-bond donors (Lipinski definition) is 1. The molecule has 0 aromatic heterocycles. The van der Waals surface area contributed by atoms with Gasteiger partial charge in [-0.1, -0.05) is 27.2 Å². The lowest BCUT2D eigenvalue weighted by molar-refractivity contribution is -0.145. The van der Waals surface area contributed by atoms with Gasteiger partial charge >= 0.3 is 0 Å². The molecule has 0 bridgehead atoms. The highest BCUT2D eigenvalue weighted by Crippen LogP contribution is 2.41. The van der Waals surface area contributed by atoms with Crippen LogP contribution in [0.3, 0.4) is 0 Å². The average molecular weight is 249 g/mol. The maximum atomic E-state index is 12.1. The third-order valence-electron chi connectivity index (χ3n) is 3.54. The van der Waals surface area contributed by atoms with Crippen LogP contribution in [0.15, 0.2) is 0 Å². The van der Waals surface area contributed by atoms with Crippen molar-refractivity contribution >= 4 is 18.3 Å². The van der Waals surface area contributed by atoms with E-state index in [2.05, 4.69) is 20.8 Å². The Kier molecular flexibility index (Phi) is 5.27. The van der Waals surface area contributed by atoms with E-state index >= 15 is 0 Å². The van der Waals surface area contributed by atoms with Gasteiger partial charge in [-0.15, -0.1) is 12.4 Å². The zero-order valence-corrected chi connectivity index (χ0v) is 11.7. The summed E-state index contributed by atoms with van der Waals surface area (Å²) in [5, 5.41) is 0. The van der Waals surface area contributed by atoms with E-state index in [4.69, 9.17) is 5.73 Å². The van der Waals surface area contributed by atoms with Crippen molar-refractivity contribution < 1.29 is 4.79 Å². The quantitative estimate of drug-likeness (QED) is 0.828. The molecule has 1 amide bonds. The Labute approximate surface area is 105 Å². The molecule has 1 aliphatic carbocycles. The fraction of sp³-hybridized carbons (Fsp3) is 0.917. The Morgan fingerprint density at radius 2 is 1.94 bits per heavy atom. The van der Waals surface area contributed by atoms with Gasteiger partial charge in [0.05, 0.1) is 0 Å². The first-order chi connectivity index (χ1) is 6.81. The molecule has 0 aromatic carbocycles. The second kappa shape index (κ2) is 5.37. The van der Waals surface area contributed by atoms with Gasteiger partial charge in [-0.05, 0) is 24.8 Å². The van der Waals surface area contributed by atoms with Crippen LogP contribution < -0.4 is 5.73 Å². The van der Waals surface area contributed by atoms with Crippen molar-refractivity contribution in [2.24, 2.45) is 16.6 Å². The van der Waals surface area contributed by atoms with Gasteiger partial charge in [0.15, 0.2) is 0 Å². The van der Waals surface area contributed by atoms with Crippen molar-refractivity contribution in [2.75, 3.05) is 20.1 Å². The van der Waals surface area contributed by atoms with Crippen LogP contribution in [0.2, 0.25) is 0 Å². The largest absolute Gasteiger partial charge is 0.345 e. The Bertz CT molecular complexity index is 249. The lowest BCUT2D eigenvalue weighted by Crippen LogP contribution is -2.48. The fourth-order valence-corrected chi connectivity index (χ4v) is 2.16. The van der Waals surface area contributed by atoms with E-state index in [1.165, 1.54) is 6.42 Å². The Morgan fingerprint density at radius 1 is 1.44 bits per heavy atom. The average Bonchev–Trinajstić information content (AvgIpc) is 2.12. The van der Waals surface area contributed by atoms with Gasteiger partial charge in [0, 0.05) is 19.0 Å². The van der Waals surface area contributed by atoms with E-state index in [9.17, 15) is 4.79 Å². The number of amides is 1. The fourth-order valence-electron chi connectivity index (χ4n) is 2.16. The molecule has 1 saturated carbocycles. The van der Waals surface area contributed by atoms with Gasteiger partial charge in [-0.2, -0.15) is 0 Å². The molecule has 0 atom stereocenters. The van der Waals surface area contributed by atoms with Crippen LogP contribution in [-0.2, 0) is 4.79 Å².